The van der Waals surface area contributed by atoms with Crippen molar-refractivity contribution in [1.82, 2.24) is 5.32 Å². The number of nitrogens with one attached hydrogen (secondary N) is 1. The predicted molar refractivity (Wildman–Crippen MR) is 92.7 cm³/mol. The first kappa shape index (κ1) is 18.1. The van der Waals surface area contributed by atoms with Crippen LogP contribution in [0, 0.1) is 11.3 Å². The number of methoxy groups -OCH3 is 1. The lowest BCUT2D eigenvalue weighted by Crippen LogP contribution is -2.38. The highest BCUT2D eigenvalue weighted by Gasteiger charge is 2.14. The number of hydrogen-bond donors (Lipinski definition) is 1. The zero-order chi connectivity index (χ0) is 18.1. The van der Waals surface area contributed by atoms with Gasteiger partial charge in [-0.1, -0.05) is 6.07 Å². The largest absolute Gasteiger partial charge is 0.497 e. The summed E-state index contributed by atoms with van der Waals surface area (Å²) in [6.45, 7) is 2.36. The molecule has 0 heterocycles. The predicted octanol–water partition coefficient (Wildman–Crippen LogP) is 2.53. The van der Waals surface area contributed by atoms with Crippen LogP contribution in [0.4, 0.5) is 0 Å². The Balaban J connectivity index is 1.72. The van der Waals surface area contributed by atoms with E-state index >= 15 is 0 Å². The Morgan fingerprint density at radius 3 is 2.56 bits per heavy atom. The molecule has 0 bridgehead atoms. The molecule has 1 N–H and O–H groups in total. The van der Waals surface area contributed by atoms with Crippen LogP contribution in [0.3, 0.4) is 0 Å². The Morgan fingerprint density at radius 1 is 1.16 bits per heavy atom. The highest BCUT2D eigenvalue weighted by Crippen LogP contribution is 2.18. The van der Waals surface area contributed by atoms with Crippen molar-refractivity contribution in [2.24, 2.45) is 0 Å². The van der Waals surface area contributed by atoms with Gasteiger partial charge in [0, 0.05) is 6.07 Å². The Kier molecular flexibility index (Phi) is 6.66. The normalized spacial score (nSPS) is 11.1. The number of rotatable bonds is 8. The van der Waals surface area contributed by atoms with Gasteiger partial charge in [-0.15, -0.1) is 0 Å². The van der Waals surface area contributed by atoms with E-state index in [9.17, 15) is 4.79 Å². The zero-order valence-corrected chi connectivity index (χ0v) is 14.2. The van der Waals surface area contributed by atoms with Gasteiger partial charge in [0.1, 0.15) is 23.9 Å². The summed E-state index contributed by atoms with van der Waals surface area (Å²) in [5.74, 6) is 1.69. The number of carbonyl (C=O) groups is 1. The van der Waals surface area contributed by atoms with E-state index in [1.165, 1.54) is 0 Å². The van der Waals surface area contributed by atoms with Crippen LogP contribution in [-0.4, -0.2) is 32.3 Å². The second-order valence-corrected chi connectivity index (χ2v) is 5.21. The number of nitrogens with zero attached hydrogens (tertiary/aromatic N) is 1. The SMILES string of the molecule is COc1cccc(OCCNC(=O)C(C)Oc2ccc(C#N)cc2)c1. The summed E-state index contributed by atoms with van der Waals surface area (Å²) < 4.78 is 16.2. The Hall–Kier alpha value is -3.20. The van der Waals surface area contributed by atoms with Gasteiger partial charge in [-0.3, -0.25) is 4.79 Å². The Morgan fingerprint density at radius 2 is 1.88 bits per heavy atom. The summed E-state index contributed by atoms with van der Waals surface area (Å²) in [4.78, 5) is 12.0. The molecule has 6 nitrogen and oxygen atoms in total. The van der Waals surface area contributed by atoms with E-state index in [1.807, 2.05) is 24.3 Å². The zero-order valence-electron chi connectivity index (χ0n) is 14.2. The smallest absolute Gasteiger partial charge is 0.260 e. The first-order chi connectivity index (χ1) is 12.1. The molecule has 0 radical (unpaired) electrons. The quantitative estimate of drug-likeness (QED) is 0.747. The van der Waals surface area contributed by atoms with Crippen LogP contribution in [0.2, 0.25) is 0 Å². The maximum atomic E-state index is 12.0. The van der Waals surface area contributed by atoms with Crippen LogP contribution >= 0.6 is 0 Å². The summed E-state index contributed by atoms with van der Waals surface area (Å²) in [5, 5.41) is 11.5. The van der Waals surface area contributed by atoms with Crippen molar-refractivity contribution in [3.8, 4) is 23.3 Å². The van der Waals surface area contributed by atoms with Gasteiger partial charge in [-0.05, 0) is 43.3 Å². The molecule has 130 valence electrons. The molecule has 2 aromatic rings. The van der Waals surface area contributed by atoms with Crippen LogP contribution in [-0.2, 0) is 4.79 Å². The van der Waals surface area contributed by atoms with Gasteiger partial charge < -0.3 is 19.5 Å². The molecule has 0 aliphatic heterocycles. The third-order valence-corrected chi connectivity index (χ3v) is 3.38. The minimum absolute atomic E-state index is 0.237. The van der Waals surface area contributed by atoms with E-state index in [0.717, 1.165) is 0 Å². The highest BCUT2D eigenvalue weighted by atomic mass is 16.5. The molecule has 0 aliphatic carbocycles. The minimum atomic E-state index is -0.648. The van der Waals surface area contributed by atoms with E-state index in [4.69, 9.17) is 19.5 Å². The fourth-order valence-corrected chi connectivity index (χ4v) is 2.04. The van der Waals surface area contributed by atoms with Crippen LogP contribution < -0.4 is 19.5 Å². The van der Waals surface area contributed by atoms with Gasteiger partial charge in [-0.2, -0.15) is 5.26 Å². The molecule has 0 saturated heterocycles. The summed E-state index contributed by atoms with van der Waals surface area (Å²) in [7, 11) is 1.59. The van der Waals surface area contributed by atoms with Crippen molar-refractivity contribution in [1.29, 1.82) is 5.26 Å². The Bertz CT molecular complexity index is 738. The number of benzene rings is 2. The molecule has 1 amide bonds. The number of ether oxygens (including phenoxy) is 3. The molecule has 2 rings (SSSR count). The van der Waals surface area contributed by atoms with E-state index in [0.29, 0.717) is 36.0 Å². The number of carbonyl (C=O) groups excluding carboxylic acids is 1. The molecule has 6 heteroatoms. The summed E-state index contributed by atoms with van der Waals surface area (Å²) in [6, 6.07) is 15.9. The lowest BCUT2D eigenvalue weighted by Gasteiger charge is -2.15. The second-order valence-electron chi connectivity index (χ2n) is 5.21. The second kappa shape index (κ2) is 9.18. The molecule has 0 aromatic heterocycles. The Labute approximate surface area is 146 Å². The van der Waals surface area contributed by atoms with Crippen molar-refractivity contribution >= 4 is 5.91 Å². The van der Waals surface area contributed by atoms with E-state index in [-0.39, 0.29) is 5.91 Å². The number of nitriles is 1. The molecule has 0 aliphatic rings. The van der Waals surface area contributed by atoms with E-state index in [1.54, 1.807) is 44.4 Å². The van der Waals surface area contributed by atoms with Crippen molar-refractivity contribution in [2.75, 3.05) is 20.3 Å². The van der Waals surface area contributed by atoms with Crippen molar-refractivity contribution in [3.05, 3.63) is 54.1 Å². The third kappa shape index (κ3) is 5.74. The van der Waals surface area contributed by atoms with Gasteiger partial charge in [0.15, 0.2) is 6.10 Å². The number of amides is 1. The average molecular weight is 340 g/mol. The fourth-order valence-electron chi connectivity index (χ4n) is 2.04. The summed E-state index contributed by atoms with van der Waals surface area (Å²) >= 11 is 0. The molecule has 1 atom stereocenters. The number of hydrogen-bond acceptors (Lipinski definition) is 5. The molecule has 0 spiro atoms. The molecule has 0 fully saturated rings. The molecule has 1 unspecified atom stereocenters. The first-order valence-electron chi connectivity index (χ1n) is 7.84. The van der Waals surface area contributed by atoms with Crippen molar-refractivity contribution in [3.63, 3.8) is 0 Å². The van der Waals surface area contributed by atoms with Crippen molar-refractivity contribution in [2.45, 2.75) is 13.0 Å². The van der Waals surface area contributed by atoms with Crippen LogP contribution in [0.1, 0.15) is 12.5 Å². The lowest BCUT2D eigenvalue weighted by atomic mass is 10.2. The molecular formula is C19H20N2O4. The van der Waals surface area contributed by atoms with Gasteiger partial charge in [-0.25, -0.2) is 0 Å². The fraction of sp³-hybridized carbons (Fsp3) is 0.263. The van der Waals surface area contributed by atoms with Gasteiger partial charge >= 0.3 is 0 Å². The van der Waals surface area contributed by atoms with E-state index in [2.05, 4.69) is 5.32 Å². The van der Waals surface area contributed by atoms with Gasteiger partial charge in [0.25, 0.3) is 5.91 Å². The molecular weight excluding hydrogens is 320 g/mol. The average Bonchev–Trinajstić information content (AvgIpc) is 2.65. The lowest BCUT2D eigenvalue weighted by molar-refractivity contribution is -0.127. The van der Waals surface area contributed by atoms with Crippen LogP contribution in [0.15, 0.2) is 48.5 Å². The summed E-state index contributed by atoms with van der Waals surface area (Å²) in [6.07, 6.45) is -0.648. The topological polar surface area (TPSA) is 80.6 Å². The maximum Gasteiger partial charge on any atom is 0.260 e. The monoisotopic (exact) mass is 340 g/mol. The molecule has 0 saturated carbocycles. The van der Waals surface area contributed by atoms with Gasteiger partial charge in [0.2, 0.25) is 0 Å². The summed E-state index contributed by atoms with van der Waals surface area (Å²) in [5.41, 5.74) is 0.541. The highest BCUT2D eigenvalue weighted by molar-refractivity contribution is 5.80. The van der Waals surface area contributed by atoms with Crippen LogP contribution in [0.25, 0.3) is 0 Å². The minimum Gasteiger partial charge on any atom is -0.497 e. The van der Waals surface area contributed by atoms with Gasteiger partial charge in [0.05, 0.1) is 25.3 Å². The molecule has 25 heavy (non-hydrogen) atoms. The third-order valence-electron chi connectivity index (χ3n) is 3.38. The van der Waals surface area contributed by atoms with Crippen LogP contribution in [0.5, 0.6) is 17.2 Å². The van der Waals surface area contributed by atoms with Crippen molar-refractivity contribution < 1.29 is 19.0 Å². The standard InChI is InChI=1S/C19H20N2O4/c1-14(25-16-8-6-15(13-20)7-9-16)19(22)21-10-11-24-18-5-3-4-17(12-18)23-2/h3-9,12,14H,10-11H2,1-2H3,(H,21,22). The first-order valence-corrected chi connectivity index (χ1v) is 7.84. The maximum absolute atomic E-state index is 12.0. The molecule has 2 aromatic carbocycles. The van der Waals surface area contributed by atoms with E-state index < -0.39 is 6.10 Å².